The Morgan fingerprint density at radius 1 is 1.35 bits per heavy atom. The third-order valence-corrected chi connectivity index (χ3v) is 3.13. The molecule has 108 valence electrons. The lowest BCUT2D eigenvalue weighted by Crippen LogP contribution is -2.37. The molecule has 0 bridgehead atoms. The summed E-state index contributed by atoms with van der Waals surface area (Å²) in [5.41, 5.74) is 0.745. The molecule has 1 aromatic rings. The van der Waals surface area contributed by atoms with E-state index in [9.17, 15) is 9.59 Å². The molecule has 0 aromatic heterocycles. The second kappa shape index (κ2) is 6.41. The fraction of sp³-hybridized carbons (Fsp3) is 0.467. The molecular weight excluding hydrogens is 258 g/mol. The number of para-hydroxylation sites is 1. The third kappa shape index (κ3) is 3.98. The number of carbonyl (C=O) groups is 2. The van der Waals surface area contributed by atoms with Crippen molar-refractivity contribution in [3.8, 4) is 5.75 Å². The van der Waals surface area contributed by atoms with Gasteiger partial charge in [-0.2, -0.15) is 0 Å². The summed E-state index contributed by atoms with van der Waals surface area (Å²) in [5, 5.41) is 2.80. The van der Waals surface area contributed by atoms with Crippen LogP contribution < -0.4 is 10.1 Å². The first-order valence-electron chi connectivity index (χ1n) is 6.72. The smallest absolute Gasteiger partial charge is 0.311 e. The van der Waals surface area contributed by atoms with Gasteiger partial charge in [-0.3, -0.25) is 9.59 Å². The van der Waals surface area contributed by atoms with E-state index >= 15 is 0 Å². The molecule has 1 saturated carbocycles. The maximum absolute atomic E-state index is 11.8. The minimum atomic E-state index is -0.766. The van der Waals surface area contributed by atoms with E-state index in [1.54, 1.807) is 26.2 Å². The molecule has 1 atom stereocenters. The summed E-state index contributed by atoms with van der Waals surface area (Å²) in [6, 6.07) is 7.51. The van der Waals surface area contributed by atoms with Crippen molar-refractivity contribution in [1.82, 2.24) is 5.32 Å². The topological polar surface area (TPSA) is 64.6 Å². The fourth-order valence-electron chi connectivity index (χ4n) is 1.84. The zero-order valence-corrected chi connectivity index (χ0v) is 11.7. The standard InChI is InChI=1S/C15H19NO4/c1-10(15(18)16-12-7-8-12)20-14(17)9-11-5-3-4-6-13(11)19-2/h3-6,10,12H,7-9H2,1-2H3,(H,16,18)/t10-/m1/s1. The number of hydrogen-bond donors (Lipinski definition) is 1. The van der Waals surface area contributed by atoms with E-state index in [0.717, 1.165) is 18.4 Å². The maximum Gasteiger partial charge on any atom is 0.311 e. The lowest BCUT2D eigenvalue weighted by Gasteiger charge is -2.14. The predicted molar refractivity (Wildman–Crippen MR) is 73.4 cm³/mol. The van der Waals surface area contributed by atoms with Crippen LogP contribution in [0.4, 0.5) is 0 Å². The van der Waals surface area contributed by atoms with E-state index in [1.807, 2.05) is 12.1 Å². The van der Waals surface area contributed by atoms with Gasteiger partial charge in [0, 0.05) is 11.6 Å². The minimum Gasteiger partial charge on any atom is -0.496 e. The van der Waals surface area contributed by atoms with Crippen molar-refractivity contribution in [2.75, 3.05) is 7.11 Å². The number of methoxy groups -OCH3 is 1. The van der Waals surface area contributed by atoms with E-state index in [0.29, 0.717) is 5.75 Å². The van der Waals surface area contributed by atoms with E-state index in [2.05, 4.69) is 5.32 Å². The van der Waals surface area contributed by atoms with Crippen LogP contribution in [0, 0.1) is 0 Å². The van der Waals surface area contributed by atoms with Crippen LogP contribution in [0.2, 0.25) is 0 Å². The molecule has 0 radical (unpaired) electrons. The van der Waals surface area contributed by atoms with Gasteiger partial charge in [-0.25, -0.2) is 0 Å². The second-order valence-corrected chi connectivity index (χ2v) is 4.90. The molecule has 0 aliphatic heterocycles. The number of amides is 1. The van der Waals surface area contributed by atoms with Crippen molar-refractivity contribution in [1.29, 1.82) is 0 Å². The van der Waals surface area contributed by atoms with Gasteiger partial charge in [-0.15, -0.1) is 0 Å². The zero-order valence-electron chi connectivity index (χ0n) is 11.7. The van der Waals surface area contributed by atoms with Gasteiger partial charge in [0.25, 0.3) is 5.91 Å². The average molecular weight is 277 g/mol. The van der Waals surface area contributed by atoms with Gasteiger partial charge in [0.05, 0.1) is 13.5 Å². The van der Waals surface area contributed by atoms with Crippen LogP contribution in [0.1, 0.15) is 25.3 Å². The molecule has 0 saturated heterocycles. The van der Waals surface area contributed by atoms with Crippen molar-refractivity contribution in [3.63, 3.8) is 0 Å². The Labute approximate surface area is 118 Å². The maximum atomic E-state index is 11.8. The highest BCUT2D eigenvalue weighted by Crippen LogP contribution is 2.20. The molecular formula is C15H19NO4. The van der Waals surface area contributed by atoms with Crippen LogP contribution in [0.25, 0.3) is 0 Å². The molecule has 1 amide bonds. The normalized spacial score (nSPS) is 15.3. The van der Waals surface area contributed by atoms with E-state index in [4.69, 9.17) is 9.47 Å². The van der Waals surface area contributed by atoms with Crippen LogP contribution in [-0.2, 0) is 20.7 Å². The number of benzene rings is 1. The third-order valence-electron chi connectivity index (χ3n) is 3.13. The summed E-state index contributed by atoms with van der Waals surface area (Å²) in [5.74, 6) is -0.0339. The van der Waals surface area contributed by atoms with Crippen LogP contribution in [0.15, 0.2) is 24.3 Å². The molecule has 0 heterocycles. The summed E-state index contributed by atoms with van der Waals surface area (Å²) in [7, 11) is 1.55. The molecule has 5 nitrogen and oxygen atoms in total. The van der Waals surface area contributed by atoms with E-state index in [1.165, 1.54) is 0 Å². The Morgan fingerprint density at radius 2 is 2.05 bits per heavy atom. The lowest BCUT2D eigenvalue weighted by molar-refractivity contribution is -0.154. The monoisotopic (exact) mass is 277 g/mol. The molecule has 20 heavy (non-hydrogen) atoms. The molecule has 2 rings (SSSR count). The van der Waals surface area contributed by atoms with E-state index in [-0.39, 0.29) is 18.4 Å². The number of carbonyl (C=O) groups excluding carboxylic acids is 2. The van der Waals surface area contributed by atoms with Gasteiger partial charge in [0.1, 0.15) is 5.75 Å². The van der Waals surface area contributed by atoms with Crippen molar-refractivity contribution in [3.05, 3.63) is 29.8 Å². The Hall–Kier alpha value is -2.04. The Balaban J connectivity index is 1.86. The average Bonchev–Trinajstić information content (AvgIpc) is 3.23. The molecule has 1 aliphatic carbocycles. The number of esters is 1. The SMILES string of the molecule is COc1ccccc1CC(=O)O[C@H](C)C(=O)NC1CC1. The van der Waals surface area contributed by atoms with Crippen molar-refractivity contribution in [2.24, 2.45) is 0 Å². The second-order valence-electron chi connectivity index (χ2n) is 4.90. The summed E-state index contributed by atoms with van der Waals surface area (Å²) in [6.45, 7) is 1.58. The molecule has 0 spiro atoms. The lowest BCUT2D eigenvalue weighted by atomic mass is 10.1. The summed E-state index contributed by atoms with van der Waals surface area (Å²) >= 11 is 0. The largest absolute Gasteiger partial charge is 0.496 e. The molecule has 1 aromatic carbocycles. The quantitative estimate of drug-likeness (QED) is 0.799. The van der Waals surface area contributed by atoms with Crippen LogP contribution in [-0.4, -0.2) is 31.1 Å². The summed E-state index contributed by atoms with van der Waals surface area (Å²) in [6.07, 6.45) is 1.34. The first kappa shape index (κ1) is 14.4. The van der Waals surface area contributed by atoms with Crippen molar-refractivity contribution < 1.29 is 19.1 Å². The Kier molecular flexibility index (Phi) is 4.61. The number of rotatable bonds is 6. The fourth-order valence-corrected chi connectivity index (χ4v) is 1.84. The van der Waals surface area contributed by atoms with Gasteiger partial charge in [-0.05, 0) is 25.8 Å². The number of nitrogens with one attached hydrogen (secondary N) is 1. The predicted octanol–water partition coefficient (Wildman–Crippen LogP) is 1.45. The highest BCUT2D eigenvalue weighted by molar-refractivity contribution is 5.84. The highest BCUT2D eigenvalue weighted by Gasteiger charge is 2.27. The summed E-state index contributed by atoms with van der Waals surface area (Å²) in [4.78, 5) is 23.5. The van der Waals surface area contributed by atoms with Crippen molar-refractivity contribution in [2.45, 2.75) is 38.3 Å². The summed E-state index contributed by atoms with van der Waals surface area (Å²) < 4.78 is 10.3. The van der Waals surface area contributed by atoms with Crippen molar-refractivity contribution >= 4 is 11.9 Å². The van der Waals surface area contributed by atoms with Gasteiger partial charge in [0.2, 0.25) is 0 Å². The Bertz CT molecular complexity index is 496. The molecule has 1 fully saturated rings. The van der Waals surface area contributed by atoms with Gasteiger partial charge in [-0.1, -0.05) is 18.2 Å². The minimum absolute atomic E-state index is 0.0884. The van der Waals surface area contributed by atoms with Crippen LogP contribution >= 0.6 is 0 Å². The van der Waals surface area contributed by atoms with Crippen LogP contribution in [0.5, 0.6) is 5.75 Å². The van der Waals surface area contributed by atoms with Gasteiger partial charge >= 0.3 is 5.97 Å². The molecule has 0 unspecified atom stereocenters. The van der Waals surface area contributed by atoms with Crippen LogP contribution in [0.3, 0.4) is 0 Å². The molecule has 1 aliphatic rings. The van der Waals surface area contributed by atoms with Gasteiger partial charge < -0.3 is 14.8 Å². The highest BCUT2D eigenvalue weighted by atomic mass is 16.5. The number of hydrogen-bond acceptors (Lipinski definition) is 4. The first-order chi connectivity index (χ1) is 9.60. The molecule has 5 heteroatoms. The Morgan fingerprint density at radius 3 is 2.70 bits per heavy atom. The molecule has 1 N–H and O–H groups in total. The number of ether oxygens (including phenoxy) is 2. The zero-order chi connectivity index (χ0) is 14.5. The van der Waals surface area contributed by atoms with E-state index < -0.39 is 12.1 Å². The van der Waals surface area contributed by atoms with Gasteiger partial charge in [0.15, 0.2) is 6.10 Å². The first-order valence-corrected chi connectivity index (χ1v) is 6.72.